The van der Waals surface area contributed by atoms with Crippen molar-refractivity contribution < 1.29 is 4.79 Å². The Kier molecular flexibility index (Phi) is 4.13. The molecule has 3 heteroatoms. The molecule has 0 fully saturated rings. The highest BCUT2D eigenvalue weighted by molar-refractivity contribution is 6.10. The first-order chi connectivity index (χ1) is 12.6. The van der Waals surface area contributed by atoms with Gasteiger partial charge in [0.1, 0.15) is 5.69 Å². The van der Waals surface area contributed by atoms with E-state index in [1.165, 1.54) is 0 Å². The van der Waals surface area contributed by atoms with Gasteiger partial charge in [0, 0.05) is 11.1 Å². The summed E-state index contributed by atoms with van der Waals surface area (Å²) >= 11 is 0. The standard InChI is InChI=1S/C23H20N2O/c1-15(17-8-4-3-5-9-17)25-23(26)22-14-21-19(16(2)24-22)13-12-18-10-6-7-11-20(18)21/h3-15H,1-2H3,(H,25,26)/t15-/m0/s1. The maximum atomic E-state index is 12.8. The first-order valence-electron chi connectivity index (χ1n) is 8.78. The van der Waals surface area contributed by atoms with E-state index in [-0.39, 0.29) is 11.9 Å². The fourth-order valence-corrected chi connectivity index (χ4v) is 3.39. The average molecular weight is 340 g/mol. The van der Waals surface area contributed by atoms with Gasteiger partial charge in [-0.15, -0.1) is 0 Å². The molecule has 0 saturated heterocycles. The summed E-state index contributed by atoms with van der Waals surface area (Å²) < 4.78 is 0. The third-order valence-corrected chi connectivity index (χ3v) is 4.81. The van der Waals surface area contributed by atoms with Crippen LogP contribution >= 0.6 is 0 Å². The molecule has 0 aliphatic heterocycles. The van der Waals surface area contributed by atoms with Crippen LogP contribution in [0.3, 0.4) is 0 Å². The molecule has 3 nitrogen and oxygen atoms in total. The van der Waals surface area contributed by atoms with Crippen molar-refractivity contribution in [3.63, 3.8) is 0 Å². The van der Waals surface area contributed by atoms with Crippen molar-refractivity contribution in [1.29, 1.82) is 0 Å². The van der Waals surface area contributed by atoms with Crippen molar-refractivity contribution in [2.75, 3.05) is 0 Å². The van der Waals surface area contributed by atoms with Gasteiger partial charge in [0.2, 0.25) is 0 Å². The first kappa shape index (κ1) is 16.3. The molecule has 26 heavy (non-hydrogen) atoms. The molecule has 0 aliphatic carbocycles. The molecule has 0 spiro atoms. The molecule has 1 atom stereocenters. The van der Waals surface area contributed by atoms with Gasteiger partial charge in [-0.1, -0.05) is 66.7 Å². The van der Waals surface area contributed by atoms with E-state index in [0.717, 1.165) is 32.8 Å². The number of amides is 1. The van der Waals surface area contributed by atoms with Gasteiger partial charge >= 0.3 is 0 Å². The Morgan fingerprint density at radius 3 is 2.42 bits per heavy atom. The molecule has 0 aliphatic rings. The Morgan fingerprint density at radius 2 is 1.62 bits per heavy atom. The number of aryl methyl sites for hydroxylation is 1. The maximum Gasteiger partial charge on any atom is 0.270 e. The number of benzene rings is 3. The lowest BCUT2D eigenvalue weighted by Crippen LogP contribution is -2.27. The molecule has 0 saturated carbocycles. The number of nitrogens with zero attached hydrogens (tertiary/aromatic N) is 1. The van der Waals surface area contributed by atoms with Crippen LogP contribution < -0.4 is 5.32 Å². The molecule has 3 aromatic carbocycles. The van der Waals surface area contributed by atoms with Crippen molar-refractivity contribution in [2.24, 2.45) is 0 Å². The summed E-state index contributed by atoms with van der Waals surface area (Å²) in [7, 11) is 0. The number of nitrogens with one attached hydrogen (secondary N) is 1. The Labute approximate surface area is 152 Å². The van der Waals surface area contributed by atoms with Crippen LogP contribution in [0.5, 0.6) is 0 Å². The number of carbonyl (C=O) groups is 1. The van der Waals surface area contributed by atoms with E-state index in [4.69, 9.17) is 0 Å². The fraction of sp³-hybridized carbons (Fsp3) is 0.130. The van der Waals surface area contributed by atoms with Gasteiger partial charge < -0.3 is 5.32 Å². The monoisotopic (exact) mass is 340 g/mol. The second kappa shape index (κ2) is 6.60. The molecule has 4 aromatic rings. The zero-order valence-electron chi connectivity index (χ0n) is 14.9. The van der Waals surface area contributed by atoms with Crippen LogP contribution in [0.15, 0.2) is 72.8 Å². The molecular formula is C23H20N2O. The highest BCUT2D eigenvalue weighted by Gasteiger charge is 2.15. The lowest BCUT2D eigenvalue weighted by molar-refractivity contribution is 0.0935. The van der Waals surface area contributed by atoms with E-state index in [0.29, 0.717) is 5.69 Å². The fourth-order valence-electron chi connectivity index (χ4n) is 3.39. The van der Waals surface area contributed by atoms with Gasteiger partial charge in [-0.25, -0.2) is 4.98 Å². The number of aromatic nitrogens is 1. The smallest absolute Gasteiger partial charge is 0.270 e. The molecule has 0 radical (unpaired) electrons. The van der Waals surface area contributed by atoms with Gasteiger partial charge in [0.15, 0.2) is 0 Å². The number of rotatable bonds is 3. The maximum absolute atomic E-state index is 12.8. The summed E-state index contributed by atoms with van der Waals surface area (Å²) in [5, 5.41) is 7.50. The summed E-state index contributed by atoms with van der Waals surface area (Å²) in [6.07, 6.45) is 0. The molecule has 0 unspecified atom stereocenters. The van der Waals surface area contributed by atoms with Gasteiger partial charge in [-0.2, -0.15) is 0 Å². The van der Waals surface area contributed by atoms with E-state index in [2.05, 4.69) is 34.6 Å². The van der Waals surface area contributed by atoms with E-state index in [1.807, 2.05) is 62.4 Å². The van der Waals surface area contributed by atoms with E-state index in [1.54, 1.807) is 0 Å². The van der Waals surface area contributed by atoms with Crippen LogP contribution in [-0.2, 0) is 0 Å². The summed E-state index contributed by atoms with van der Waals surface area (Å²) in [4.78, 5) is 17.3. The molecular weight excluding hydrogens is 320 g/mol. The average Bonchev–Trinajstić information content (AvgIpc) is 2.68. The minimum atomic E-state index is -0.153. The Bertz CT molecular complexity index is 1100. The molecule has 1 heterocycles. The zero-order valence-corrected chi connectivity index (χ0v) is 14.9. The molecule has 4 rings (SSSR count). The van der Waals surface area contributed by atoms with E-state index in [9.17, 15) is 4.79 Å². The van der Waals surface area contributed by atoms with Crippen molar-refractivity contribution in [1.82, 2.24) is 10.3 Å². The second-order valence-electron chi connectivity index (χ2n) is 6.58. The third kappa shape index (κ3) is 2.92. The van der Waals surface area contributed by atoms with Gasteiger partial charge in [0.05, 0.1) is 6.04 Å². The molecule has 128 valence electrons. The molecule has 1 amide bonds. The highest BCUT2D eigenvalue weighted by atomic mass is 16.1. The minimum absolute atomic E-state index is 0.0750. The van der Waals surface area contributed by atoms with E-state index < -0.39 is 0 Å². The predicted molar refractivity (Wildman–Crippen MR) is 106 cm³/mol. The summed E-state index contributed by atoms with van der Waals surface area (Å²) in [6.45, 7) is 3.94. The van der Waals surface area contributed by atoms with Gasteiger partial charge in [-0.05, 0) is 41.6 Å². The first-order valence-corrected chi connectivity index (χ1v) is 8.78. The van der Waals surface area contributed by atoms with Crippen LogP contribution in [0.2, 0.25) is 0 Å². The van der Waals surface area contributed by atoms with Crippen LogP contribution in [0.1, 0.15) is 34.7 Å². The number of fused-ring (bicyclic) bond motifs is 3. The van der Waals surface area contributed by atoms with Gasteiger partial charge in [0.25, 0.3) is 5.91 Å². The van der Waals surface area contributed by atoms with Crippen molar-refractivity contribution in [2.45, 2.75) is 19.9 Å². The van der Waals surface area contributed by atoms with E-state index >= 15 is 0 Å². The lowest BCUT2D eigenvalue weighted by Gasteiger charge is -2.15. The van der Waals surface area contributed by atoms with Crippen LogP contribution in [-0.4, -0.2) is 10.9 Å². The van der Waals surface area contributed by atoms with Crippen molar-refractivity contribution in [3.05, 3.63) is 89.7 Å². The Balaban J connectivity index is 1.74. The second-order valence-corrected chi connectivity index (χ2v) is 6.58. The number of carbonyl (C=O) groups excluding carboxylic acids is 1. The normalized spacial score (nSPS) is 12.2. The van der Waals surface area contributed by atoms with Gasteiger partial charge in [-0.3, -0.25) is 4.79 Å². The van der Waals surface area contributed by atoms with Crippen LogP contribution in [0.25, 0.3) is 21.5 Å². The Hall–Kier alpha value is -3.20. The van der Waals surface area contributed by atoms with Crippen LogP contribution in [0.4, 0.5) is 0 Å². The number of pyridine rings is 1. The topological polar surface area (TPSA) is 42.0 Å². The largest absolute Gasteiger partial charge is 0.344 e. The summed E-state index contributed by atoms with van der Waals surface area (Å²) in [6, 6.07) is 24.2. The number of hydrogen-bond donors (Lipinski definition) is 1. The molecule has 0 bridgehead atoms. The highest BCUT2D eigenvalue weighted by Crippen LogP contribution is 2.27. The summed E-state index contributed by atoms with van der Waals surface area (Å²) in [5.74, 6) is -0.153. The van der Waals surface area contributed by atoms with Crippen molar-refractivity contribution >= 4 is 27.5 Å². The van der Waals surface area contributed by atoms with Crippen LogP contribution in [0, 0.1) is 6.92 Å². The SMILES string of the molecule is Cc1nc(C(=O)N[C@@H](C)c2ccccc2)cc2c1ccc1ccccc12. The zero-order chi connectivity index (χ0) is 18.1. The lowest BCUT2D eigenvalue weighted by atomic mass is 10.0. The number of hydrogen-bond acceptors (Lipinski definition) is 2. The van der Waals surface area contributed by atoms with Crippen molar-refractivity contribution in [3.8, 4) is 0 Å². The summed E-state index contributed by atoms with van der Waals surface area (Å²) in [5.41, 5.74) is 2.39. The predicted octanol–water partition coefficient (Wildman–Crippen LogP) is 5.19. The molecule has 1 aromatic heterocycles. The third-order valence-electron chi connectivity index (χ3n) is 4.81. The molecule has 1 N–H and O–H groups in total. The quantitative estimate of drug-likeness (QED) is 0.522. The minimum Gasteiger partial charge on any atom is -0.344 e. The Morgan fingerprint density at radius 1 is 0.885 bits per heavy atom.